The first kappa shape index (κ1) is 9.66. The highest BCUT2D eigenvalue weighted by Crippen LogP contribution is 2.39. The first-order valence-electron chi connectivity index (χ1n) is 3.15. The molecule has 1 atom stereocenters. The van der Waals surface area contributed by atoms with Crippen LogP contribution in [0.25, 0.3) is 0 Å². The molecule has 0 spiro atoms. The lowest BCUT2D eigenvalue weighted by Gasteiger charge is -2.24. The Kier molecular flexibility index (Phi) is 2.26. The number of halogens is 5. The first-order chi connectivity index (χ1) is 5.36. The maximum atomic E-state index is 12.3. The predicted molar refractivity (Wildman–Crippen MR) is 28.7 cm³/mol. The molecule has 1 saturated heterocycles. The van der Waals surface area contributed by atoms with Gasteiger partial charge in [-0.1, -0.05) is 0 Å². The number of nitrogens with one attached hydrogen (secondary N) is 1. The third-order valence-corrected chi connectivity index (χ3v) is 1.42. The van der Waals surface area contributed by atoms with Crippen LogP contribution in [0.15, 0.2) is 0 Å². The highest BCUT2D eigenvalue weighted by molar-refractivity contribution is 4.86. The topological polar surface area (TPSA) is 21.3 Å². The summed E-state index contributed by atoms with van der Waals surface area (Å²) in [6.45, 7) is -0.118. The molecule has 0 amide bonds. The molecule has 0 radical (unpaired) electrons. The van der Waals surface area contributed by atoms with Gasteiger partial charge >= 0.3 is 12.1 Å². The summed E-state index contributed by atoms with van der Waals surface area (Å²) in [6.07, 6.45) is -7.80. The summed E-state index contributed by atoms with van der Waals surface area (Å²) in [4.78, 5) is 0. The van der Waals surface area contributed by atoms with Crippen molar-refractivity contribution in [1.29, 1.82) is 0 Å². The fourth-order valence-corrected chi connectivity index (χ4v) is 0.807. The smallest absolute Gasteiger partial charge is 0.355 e. The van der Waals surface area contributed by atoms with Crippen molar-refractivity contribution >= 4 is 0 Å². The van der Waals surface area contributed by atoms with Crippen LogP contribution in [0, 0.1) is 0 Å². The monoisotopic (exact) mass is 191 g/mol. The van der Waals surface area contributed by atoms with E-state index in [9.17, 15) is 22.0 Å². The second-order valence-corrected chi connectivity index (χ2v) is 2.33. The van der Waals surface area contributed by atoms with E-state index < -0.39 is 18.3 Å². The SMILES string of the molecule is FC(F)(F)C(F)(F)C1NCCO1. The Hall–Kier alpha value is -0.430. The summed E-state index contributed by atoms with van der Waals surface area (Å²) < 4.78 is 63.7. The molecule has 0 aliphatic carbocycles. The third kappa shape index (κ3) is 1.51. The zero-order valence-electron chi connectivity index (χ0n) is 5.79. The van der Waals surface area contributed by atoms with Crippen molar-refractivity contribution in [2.75, 3.05) is 13.2 Å². The Morgan fingerprint density at radius 1 is 1.17 bits per heavy atom. The molecule has 72 valence electrons. The molecular formula is C5H6F5NO. The number of rotatable bonds is 1. The summed E-state index contributed by atoms with van der Waals surface area (Å²) in [5.74, 6) is -4.82. The Morgan fingerprint density at radius 3 is 2.08 bits per heavy atom. The molecule has 12 heavy (non-hydrogen) atoms. The normalized spacial score (nSPS) is 26.2. The van der Waals surface area contributed by atoms with E-state index in [4.69, 9.17) is 0 Å². The molecular weight excluding hydrogens is 185 g/mol. The molecule has 0 bridgehead atoms. The summed E-state index contributed by atoms with van der Waals surface area (Å²) >= 11 is 0. The Balaban J connectivity index is 2.69. The number of alkyl halides is 5. The van der Waals surface area contributed by atoms with Gasteiger partial charge in [0.25, 0.3) is 0 Å². The van der Waals surface area contributed by atoms with Crippen molar-refractivity contribution in [3.05, 3.63) is 0 Å². The Morgan fingerprint density at radius 2 is 1.75 bits per heavy atom. The van der Waals surface area contributed by atoms with E-state index in [0.29, 0.717) is 0 Å². The summed E-state index contributed by atoms with van der Waals surface area (Å²) in [5, 5.41) is 1.91. The largest absolute Gasteiger partial charge is 0.457 e. The van der Waals surface area contributed by atoms with Gasteiger partial charge < -0.3 is 4.74 Å². The lowest BCUT2D eigenvalue weighted by atomic mass is 10.3. The predicted octanol–water partition coefficient (Wildman–Crippen LogP) is 1.13. The standard InChI is InChI=1S/C5H6F5NO/c6-4(7,5(8,9)10)3-11-1-2-12-3/h3,11H,1-2H2. The van der Waals surface area contributed by atoms with Crippen molar-refractivity contribution in [2.45, 2.75) is 18.3 Å². The third-order valence-electron chi connectivity index (χ3n) is 1.42. The molecule has 1 heterocycles. The van der Waals surface area contributed by atoms with Crippen LogP contribution < -0.4 is 5.32 Å². The average Bonchev–Trinajstić information content (AvgIpc) is 2.34. The minimum Gasteiger partial charge on any atom is -0.355 e. The zero-order chi connectivity index (χ0) is 9.41. The number of ether oxygens (including phenoxy) is 1. The van der Waals surface area contributed by atoms with Crippen LogP contribution in [0.4, 0.5) is 22.0 Å². The van der Waals surface area contributed by atoms with Crippen molar-refractivity contribution in [3.63, 3.8) is 0 Å². The van der Waals surface area contributed by atoms with Gasteiger partial charge in [-0.05, 0) is 0 Å². The van der Waals surface area contributed by atoms with Gasteiger partial charge in [0, 0.05) is 6.54 Å². The van der Waals surface area contributed by atoms with Gasteiger partial charge in [0.2, 0.25) is 0 Å². The first-order valence-corrected chi connectivity index (χ1v) is 3.15. The molecule has 1 aliphatic rings. The molecule has 1 fully saturated rings. The van der Waals surface area contributed by atoms with Crippen LogP contribution in [0.5, 0.6) is 0 Å². The molecule has 0 aromatic heterocycles. The summed E-state index contributed by atoms with van der Waals surface area (Å²) in [7, 11) is 0. The summed E-state index contributed by atoms with van der Waals surface area (Å²) in [5.41, 5.74) is 0. The van der Waals surface area contributed by atoms with Gasteiger partial charge in [-0.2, -0.15) is 22.0 Å². The van der Waals surface area contributed by atoms with E-state index in [2.05, 4.69) is 4.74 Å². The fourth-order valence-electron chi connectivity index (χ4n) is 0.807. The molecule has 0 aromatic carbocycles. The van der Waals surface area contributed by atoms with Gasteiger partial charge in [0.05, 0.1) is 6.61 Å². The molecule has 1 unspecified atom stereocenters. The average molecular weight is 191 g/mol. The minimum atomic E-state index is -5.56. The van der Waals surface area contributed by atoms with Crippen LogP contribution in [-0.2, 0) is 4.74 Å². The van der Waals surface area contributed by atoms with Gasteiger partial charge in [-0.25, -0.2) is 0 Å². The van der Waals surface area contributed by atoms with Crippen LogP contribution in [0.3, 0.4) is 0 Å². The number of hydrogen-bond donors (Lipinski definition) is 1. The van der Waals surface area contributed by atoms with Crippen LogP contribution in [0.2, 0.25) is 0 Å². The second kappa shape index (κ2) is 2.81. The van der Waals surface area contributed by atoms with Gasteiger partial charge in [0.1, 0.15) is 0 Å². The molecule has 7 heteroatoms. The zero-order valence-corrected chi connectivity index (χ0v) is 5.79. The van der Waals surface area contributed by atoms with E-state index in [-0.39, 0.29) is 13.2 Å². The highest BCUT2D eigenvalue weighted by Gasteiger charge is 2.63. The maximum Gasteiger partial charge on any atom is 0.457 e. The Labute approximate surface area is 64.7 Å². The van der Waals surface area contributed by atoms with Crippen molar-refractivity contribution < 1.29 is 26.7 Å². The quantitative estimate of drug-likeness (QED) is 0.627. The molecule has 1 rings (SSSR count). The number of hydrogen-bond acceptors (Lipinski definition) is 2. The maximum absolute atomic E-state index is 12.3. The molecule has 1 aliphatic heterocycles. The highest BCUT2D eigenvalue weighted by atomic mass is 19.4. The van der Waals surface area contributed by atoms with Crippen molar-refractivity contribution in [1.82, 2.24) is 5.32 Å². The molecule has 1 N–H and O–H groups in total. The van der Waals surface area contributed by atoms with E-state index in [1.807, 2.05) is 5.32 Å². The van der Waals surface area contributed by atoms with Gasteiger partial charge in [-0.3, -0.25) is 5.32 Å². The van der Waals surface area contributed by atoms with Crippen molar-refractivity contribution in [2.24, 2.45) is 0 Å². The fraction of sp³-hybridized carbons (Fsp3) is 1.00. The van der Waals surface area contributed by atoms with Gasteiger partial charge in [-0.15, -0.1) is 0 Å². The van der Waals surface area contributed by atoms with E-state index in [0.717, 1.165) is 0 Å². The van der Waals surface area contributed by atoms with Crippen molar-refractivity contribution in [3.8, 4) is 0 Å². The minimum absolute atomic E-state index is 0.0103. The van der Waals surface area contributed by atoms with Crippen LogP contribution >= 0.6 is 0 Å². The van der Waals surface area contributed by atoms with E-state index >= 15 is 0 Å². The van der Waals surface area contributed by atoms with Gasteiger partial charge in [0.15, 0.2) is 6.23 Å². The lowest BCUT2D eigenvalue weighted by molar-refractivity contribution is -0.316. The summed E-state index contributed by atoms with van der Waals surface area (Å²) in [6, 6.07) is 0. The Bertz CT molecular complexity index is 162. The van der Waals surface area contributed by atoms with E-state index in [1.165, 1.54) is 0 Å². The molecule has 2 nitrogen and oxygen atoms in total. The van der Waals surface area contributed by atoms with Crippen LogP contribution in [-0.4, -0.2) is 31.5 Å². The van der Waals surface area contributed by atoms with Crippen LogP contribution in [0.1, 0.15) is 0 Å². The second-order valence-electron chi connectivity index (χ2n) is 2.33. The molecule has 0 aromatic rings. The molecule has 0 saturated carbocycles. The van der Waals surface area contributed by atoms with E-state index in [1.54, 1.807) is 0 Å². The lowest BCUT2D eigenvalue weighted by Crippen LogP contribution is -2.52.